The predicted molar refractivity (Wildman–Crippen MR) is 78.0 cm³/mol. The summed E-state index contributed by atoms with van der Waals surface area (Å²) >= 11 is 13.0. The SMILES string of the molecule is S=c1[nH]c2cc(Cl)cnc2n1CCc1cccs1. The van der Waals surface area contributed by atoms with E-state index in [1.165, 1.54) is 4.88 Å². The molecule has 3 rings (SSSR count). The minimum atomic E-state index is 0.615. The fourth-order valence-corrected chi connectivity index (χ4v) is 3.05. The average Bonchev–Trinajstić information content (AvgIpc) is 2.93. The van der Waals surface area contributed by atoms with Gasteiger partial charge in [-0.25, -0.2) is 4.98 Å². The summed E-state index contributed by atoms with van der Waals surface area (Å²) < 4.78 is 2.71. The quantitative estimate of drug-likeness (QED) is 0.740. The van der Waals surface area contributed by atoms with Crippen LogP contribution in [0, 0.1) is 4.77 Å². The molecule has 0 aliphatic carbocycles. The van der Waals surface area contributed by atoms with Gasteiger partial charge in [-0.2, -0.15) is 0 Å². The molecule has 0 spiro atoms. The Balaban J connectivity index is 1.96. The molecule has 0 saturated heterocycles. The van der Waals surface area contributed by atoms with E-state index >= 15 is 0 Å². The fourth-order valence-electron chi connectivity index (χ4n) is 1.90. The lowest BCUT2D eigenvalue weighted by atomic mass is 10.3. The summed E-state index contributed by atoms with van der Waals surface area (Å²) in [5.74, 6) is 0. The van der Waals surface area contributed by atoms with Crippen LogP contribution < -0.4 is 0 Å². The number of thiophene rings is 1. The molecule has 0 radical (unpaired) electrons. The van der Waals surface area contributed by atoms with Crippen molar-refractivity contribution in [3.8, 4) is 0 Å². The average molecular weight is 296 g/mol. The number of aromatic nitrogens is 3. The van der Waals surface area contributed by atoms with Gasteiger partial charge in [-0.05, 0) is 36.2 Å². The number of rotatable bonds is 3. The molecular formula is C12H10ClN3S2. The predicted octanol–water partition coefficient (Wildman–Crippen LogP) is 4.05. The molecule has 1 N–H and O–H groups in total. The molecule has 6 heteroatoms. The van der Waals surface area contributed by atoms with Gasteiger partial charge in [0.1, 0.15) is 0 Å². The van der Waals surface area contributed by atoms with Crippen LogP contribution in [0.25, 0.3) is 11.2 Å². The standard InChI is InChI=1S/C12H10ClN3S2/c13-8-6-10-11(14-7-8)16(12(17)15-10)4-3-9-2-1-5-18-9/h1-2,5-7H,3-4H2,(H,15,17). The van der Waals surface area contributed by atoms with Crippen molar-refractivity contribution in [1.29, 1.82) is 0 Å². The van der Waals surface area contributed by atoms with Crippen molar-refractivity contribution in [2.75, 3.05) is 0 Å². The zero-order valence-corrected chi connectivity index (χ0v) is 11.8. The number of nitrogens with one attached hydrogen (secondary N) is 1. The van der Waals surface area contributed by atoms with Gasteiger partial charge < -0.3 is 9.55 Å². The summed E-state index contributed by atoms with van der Waals surface area (Å²) in [4.78, 5) is 8.82. The highest BCUT2D eigenvalue weighted by Crippen LogP contribution is 2.17. The van der Waals surface area contributed by atoms with Crippen LogP contribution >= 0.6 is 35.2 Å². The van der Waals surface area contributed by atoms with Gasteiger partial charge in [0.2, 0.25) is 0 Å². The maximum atomic E-state index is 5.91. The topological polar surface area (TPSA) is 33.6 Å². The van der Waals surface area contributed by atoms with Crippen LogP contribution in [-0.2, 0) is 13.0 Å². The van der Waals surface area contributed by atoms with Crippen molar-refractivity contribution in [1.82, 2.24) is 14.5 Å². The van der Waals surface area contributed by atoms with E-state index < -0.39 is 0 Å². The van der Waals surface area contributed by atoms with Crippen LogP contribution in [0.1, 0.15) is 4.88 Å². The van der Waals surface area contributed by atoms with Crippen LogP contribution in [0.15, 0.2) is 29.8 Å². The van der Waals surface area contributed by atoms with Gasteiger partial charge in [0.25, 0.3) is 0 Å². The number of aromatic amines is 1. The van der Waals surface area contributed by atoms with Gasteiger partial charge in [0.05, 0.1) is 10.5 Å². The Morgan fingerprint density at radius 2 is 2.39 bits per heavy atom. The summed E-state index contributed by atoms with van der Waals surface area (Å²) in [6, 6.07) is 6.04. The zero-order valence-electron chi connectivity index (χ0n) is 9.39. The van der Waals surface area contributed by atoms with E-state index in [-0.39, 0.29) is 0 Å². The van der Waals surface area contributed by atoms with Gasteiger partial charge in [-0.3, -0.25) is 0 Å². The van der Waals surface area contributed by atoms with Crippen molar-refractivity contribution in [3.05, 3.63) is 44.4 Å². The summed E-state index contributed by atoms with van der Waals surface area (Å²) in [7, 11) is 0. The first kappa shape index (κ1) is 11.9. The lowest BCUT2D eigenvalue weighted by Gasteiger charge is -2.02. The van der Waals surface area contributed by atoms with E-state index in [0.29, 0.717) is 9.79 Å². The molecule has 92 valence electrons. The second kappa shape index (κ2) is 4.84. The Morgan fingerprint density at radius 3 is 3.17 bits per heavy atom. The number of aryl methyl sites for hydroxylation is 2. The molecule has 0 unspecified atom stereocenters. The van der Waals surface area contributed by atoms with Crippen molar-refractivity contribution in [2.45, 2.75) is 13.0 Å². The third kappa shape index (κ3) is 2.21. The number of hydrogen-bond acceptors (Lipinski definition) is 3. The van der Waals surface area contributed by atoms with Gasteiger partial charge >= 0.3 is 0 Å². The Morgan fingerprint density at radius 1 is 1.50 bits per heavy atom. The normalized spacial score (nSPS) is 11.2. The van der Waals surface area contributed by atoms with E-state index in [0.717, 1.165) is 24.1 Å². The first-order chi connectivity index (χ1) is 8.74. The molecule has 0 saturated carbocycles. The molecule has 0 atom stereocenters. The molecule has 3 aromatic heterocycles. The van der Waals surface area contributed by atoms with Gasteiger partial charge in [-0.1, -0.05) is 17.7 Å². The smallest absolute Gasteiger partial charge is 0.179 e. The van der Waals surface area contributed by atoms with Crippen LogP contribution in [0.5, 0.6) is 0 Å². The number of imidazole rings is 1. The molecule has 0 aliphatic heterocycles. The Bertz CT molecular complexity index is 727. The molecule has 3 aromatic rings. The Hall–Kier alpha value is -1.17. The van der Waals surface area contributed by atoms with Crippen LogP contribution in [0.3, 0.4) is 0 Å². The van der Waals surface area contributed by atoms with E-state index in [1.54, 1.807) is 17.5 Å². The van der Waals surface area contributed by atoms with Crippen LogP contribution in [0.2, 0.25) is 5.02 Å². The highest BCUT2D eigenvalue weighted by molar-refractivity contribution is 7.71. The van der Waals surface area contributed by atoms with E-state index in [9.17, 15) is 0 Å². The number of halogens is 1. The van der Waals surface area contributed by atoms with Crippen molar-refractivity contribution in [3.63, 3.8) is 0 Å². The third-order valence-corrected chi connectivity index (χ3v) is 4.20. The zero-order chi connectivity index (χ0) is 12.5. The molecule has 0 amide bonds. The molecule has 0 bridgehead atoms. The van der Waals surface area contributed by atoms with Crippen LogP contribution in [0.4, 0.5) is 0 Å². The fraction of sp³-hybridized carbons (Fsp3) is 0.167. The van der Waals surface area contributed by atoms with Crippen LogP contribution in [-0.4, -0.2) is 14.5 Å². The van der Waals surface area contributed by atoms with E-state index in [4.69, 9.17) is 23.8 Å². The Kier molecular flexibility index (Phi) is 3.20. The lowest BCUT2D eigenvalue weighted by Crippen LogP contribution is -2.01. The molecule has 0 aliphatic rings. The maximum Gasteiger partial charge on any atom is 0.179 e. The highest BCUT2D eigenvalue weighted by Gasteiger charge is 2.06. The number of nitrogens with zero attached hydrogens (tertiary/aromatic N) is 2. The molecule has 3 nitrogen and oxygen atoms in total. The molecular weight excluding hydrogens is 286 g/mol. The molecule has 0 fully saturated rings. The van der Waals surface area contributed by atoms with Crippen molar-refractivity contribution < 1.29 is 0 Å². The summed E-state index contributed by atoms with van der Waals surface area (Å²) in [5, 5.41) is 2.70. The molecule has 3 heterocycles. The third-order valence-electron chi connectivity index (χ3n) is 2.74. The summed E-state index contributed by atoms with van der Waals surface area (Å²) in [6.07, 6.45) is 2.61. The minimum absolute atomic E-state index is 0.615. The largest absolute Gasteiger partial charge is 0.329 e. The monoisotopic (exact) mass is 295 g/mol. The second-order valence-corrected chi connectivity index (χ2v) is 5.79. The van der Waals surface area contributed by atoms with Crippen molar-refractivity contribution >= 4 is 46.3 Å². The van der Waals surface area contributed by atoms with E-state index in [2.05, 4.69) is 27.5 Å². The van der Waals surface area contributed by atoms with Gasteiger partial charge in [-0.15, -0.1) is 11.3 Å². The molecule has 0 aromatic carbocycles. The summed E-state index contributed by atoms with van der Waals surface area (Å²) in [6.45, 7) is 0.827. The maximum absolute atomic E-state index is 5.91. The number of H-pyrrole nitrogens is 1. The highest BCUT2D eigenvalue weighted by atomic mass is 35.5. The second-order valence-electron chi connectivity index (χ2n) is 3.94. The minimum Gasteiger partial charge on any atom is -0.329 e. The summed E-state index contributed by atoms with van der Waals surface area (Å²) in [5.41, 5.74) is 1.75. The number of pyridine rings is 1. The van der Waals surface area contributed by atoms with Gasteiger partial charge in [0, 0.05) is 17.6 Å². The number of hydrogen-bond donors (Lipinski definition) is 1. The first-order valence-corrected chi connectivity index (χ1v) is 7.17. The Labute approximate surface area is 118 Å². The first-order valence-electron chi connectivity index (χ1n) is 5.50. The van der Waals surface area contributed by atoms with Crippen molar-refractivity contribution in [2.24, 2.45) is 0 Å². The lowest BCUT2D eigenvalue weighted by molar-refractivity contribution is 0.706. The van der Waals surface area contributed by atoms with E-state index in [1.807, 2.05) is 10.6 Å². The van der Waals surface area contributed by atoms with Gasteiger partial charge in [0.15, 0.2) is 10.4 Å². The molecule has 18 heavy (non-hydrogen) atoms. The number of fused-ring (bicyclic) bond motifs is 1.